The minimum Gasteiger partial charge on any atom is -0.496 e. The van der Waals surface area contributed by atoms with E-state index in [0.717, 1.165) is 5.56 Å². The molecule has 1 unspecified atom stereocenters. The molecule has 1 aliphatic heterocycles. The van der Waals surface area contributed by atoms with E-state index in [9.17, 15) is 14.4 Å². The molecule has 4 rings (SSSR count). The molecule has 0 radical (unpaired) electrons. The van der Waals surface area contributed by atoms with Crippen LogP contribution in [0.4, 0.5) is 0 Å². The third-order valence-corrected chi connectivity index (χ3v) is 6.18. The molecule has 1 aliphatic rings. The Hall–Kier alpha value is -3.95. The van der Waals surface area contributed by atoms with Gasteiger partial charge in [-0.25, -0.2) is 4.63 Å². The van der Waals surface area contributed by atoms with Crippen molar-refractivity contribution in [2.75, 3.05) is 20.2 Å². The molecule has 10 heteroatoms. The normalized spacial score (nSPS) is 14.1. The van der Waals surface area contributed by atoms with Crippen LogP contribution < -0.4 is 15.6 Å². The summed E-state index contributed by atoms with van der Waals surface area (Å²) in [4.78, 5) is 40.9. The smallest absolute Gasteiger partial charge is 0.257 e. The minimum atomic E-state index is -0.402. The molecule has 34 heavy (non-hydrogen) atoms. The average molecular weight is 466 g/mol. The molecule has 1 atom stereocenters. The van der Waals surface area contributed by atoms with E-state index in [1.807, 2.05) is 37.3 Å². The molecule has 0 spiro atoms. The molecule has 2 aromatic heterocycles. The number of nitrogens with one attached hydrogen (secondary N) is 1. The van der Waals surface area contributed by atoms with E-state index < -0.39 is 5.91 Å². The zero-order chi connectivity index (χ0) is 24.2. The molecule has 1 aromatic carbocycles. The minimum absolute atomic E-state index is 0.0148. The van der Waals surface area contributed by atoms with Gasteiger partial charge in [-0.2, -0.15) is 0 Å². The lowest BCUT2D eigenvalue weighted by atomic mass is 9.99. The van der Waals surface area contributed by atoms with Crippen molar-refractivity contribution >= 4 is 11.8 Å². The molecular weight excluding hydrogens is 438 g/mol. The van der Waals surface area contributed by atoms with Crippen LogP contribution in [0, 0.1) is 6.92 Å². The molecule has 3 heterocycles. The first kappa shape index (κ1) is 23.2. The second kappa shape index (κ2) is 9.90. The SMILES string of the molecule is COc1cc(=O)n2c(c1C(=O)NCc1nonc1C)CCN(C(=O)C(C)c1ccccc1)CC2. The van der Waals surface area contributed by atoms with Gasteiger partial charge in [0.2, 0.25) is 5.91 Å². The Morgan fingerprint density at radius 3 is 2.62 bits per heavy atom. The molecule has 10 nitrogen and oxygen atoms in total. The maximum Gasteiger partial charge on any atom is 0.257 e. The van der Waals surface area contributed by atoms with Crippen LogP contribution in [0.25, 0.3) is 0 Å². The monoisotopic (exact) mass is 465 g/mol. The molecule has 3 aromatic rings. The van der Waals surface area contributed by atoms with Crippen molar-refractivity contribution in [3.63, 3.8) is 0 Å². The lowest BCUT2D eigenvalue weighted by Gasteiger charge is -2.24. The van der Waals surface area contributed by atoms with Crippen LogP contribution in [0.15, 0.2) is 45.8 Å². The number of carbonyl (C=O) groups is 2. The number of carbonyl (C=O) groups excluding carboxylic acids is 2. The van der Waals surface area contributed by atoms with Crippen molar-refractivity contribution in [2.45, 2.75) is 39.3 Å². The molecule has 0 bridgehead atoms. The van der Waals surface area contributed by atoms with Gasteiger partial charge in [0.1, 0.15) is 22.7 Å². The number of ether oxygens (including phenoxy) is 1. The first-order valence-corrected chi connectivity index (χ1v) is 11.1. The molecular formula is C24H27N5O5. The van der Waals surface area contributed by atoms with Gasteiger partial charge in [0.25, 0.3) is 11.5 Å². The van der Waals surface area contributed by atoms with Gasteiger partial charge in [-0.1, -0.05) is 40.6 Å². The first-order chi connectivity index (χ1) is 16.4. The summed E-state index contributed by atoms with van der Waals surface area (Å²) < 4.78 is 11.6. The van der Waals surface area contributed by atoms with E-state index in [1.54, 1.807) is 16.4 Å². The number of aryl methyl sites for hydroxylation is 1. The van der Waals surface area contributed by atoms with Gasteiger partial charge in [-0.3, -0.25) is 14.4 Å². The summed E-state index contributed by atoms with van der Waals surface area (Å²) in [6.07, 6.45) is 0.340. The summed E-state index contributed by atoms with van der Waals surface area (Å²) in [5, 5.41) is 10.3. The van der Waals surface area contributed by atoms with Gasteiger partial charge in [-0.15, -0.1) is 0 Å². The summed E-state index contributed by atoms with van der Waals surface area (Å²) in [5.41, 5.74) is 2.58. The highest BCUT2D eigenvalue weighted by Gasteiger charge is 2.28. The van der Waals surface area contributed by atoms with Gasteiger partial charge in [0, 0.05) is 37.8 Å². The largest absolute Gasteiger partial charge is 0.496 e. The van der Waals surface area contributed by atoms with Crippen LogP contribution in [-0.2, 0) is 24.3 Å². The third-order valence-electron chi connectivity index (χ3n) is 6.18. The topological polar surface area (TPSA) is 120 Å². The Labute approximate surface area is 196 Å². The Kier molecular flexibility index (Phi) is 6.76. The number of hydrogen-bond donors (Lipinski definition) is 1. The van der Waals surface area contributed by atoms with E-state index in [4.69, 9.17) is 4.74 Å². The van der Waals surface area contributed by atoms with Gasteiger partial charge < -0.3 is 19.5 Å². The Morgan fingerprint density at radius 2 is 1.94 bits per heavy atom. The Bertz CT molecular complexity index is 1250. The van der Waals surface area contributed by atoms with E-state index in [-0.39, 0.29) is 41.8 Å². The van der Waals surface area contributed by atoms with Crippen molar-refractivity contribution in [3.05, 3.63) is 75.0 Å². The first-order valence-electron chi connectivity index (χ1n) is 11.1. The Morgan fingerprint density at radius 1 is 1.18 bits per heavy atom. The van der Waals surface area contributed by atoms with E-state index in [2.05, 4.69) is 20.3 Å². The third kappa shape index (κ3) is 4.57. The fraction of sp³-hybridized carbons (Fsp3) is 0.375. The molecule has 178 valence electrons. The van der Waals surface area contributed by atoms with Crippen LogP contribution in [0.2, 0.25) is 0 Å². The molecule has 2 amide bonds. The van der Waals surface area contributed by atoms with Crippen LogP contribution in [-0.4, -0.2) is 51.8 Å². The molecule has 0 saturated heterocycles. The molecule has 0 saturated carbocycles. The number of nitrogens with zero attached hydrogens (tertiary/aromatic N) is 4. The lowest BCUT2D eigenvalue weighted by molar-refractivity contribution is -0.132. The summed E-state index contributed by atoms with van der Waals surface area (Å²) >= 11 is 0. The van der Waals surface area contributed by atoms with Gasteiger partial charge >= 0.3 is 0 Å². The highest BCUT2D eigenvalue weighted by Crippen LogP contribution is 2.24. The van der Waals surface area contributed by atoms with Gasteiger partial charge in [-0.05, 0) is 19.4 Å². The molecule has 0 fully saturated rings. The van der Waals surface area contributed by atoms with Crippen molar-refractivity contribution in [2.24, 2.45) is 0 Å². The summed E-state index contributed by atoms with van der Waals surface area (Å²) in [6, 6.07) is 10.9. The van der Waals surface area contributed by atoms with Crippen LogP contribution in [0.1, 0.15) is 45.8 Å². The Balaban J connectivity index is 1.58. The van der Waals surface area contributed by atoms with Crippen LogP contribution in [0.5, 0.6) is 5.75 Å². The van der Waals surface area contributed by atoms with Crippen molar-refractivity contribution in [3.8, 4) is 5.75 Å². The summed E-state index contributed by atoms with van der Waals surface area (Å²) in [6.45, 7) is 4.78. The predicted octanol–water partition coefficient (Wildman–Crippen LogP) is 1.67. The van der Waals surface area contributed by atoms with E-state index in [0.29, 0.717) is 36.6 Å². The number of pyridine rings is 1. The quantitative estimate of drug-likeness (QED) is 0.588. The maximum atomic E-state index is 13.2. The summed E-state index contributed by atoms with van der Waals surface area (Å²) in [5.74, 6) is -0.531. The fourth-order valence-corrected chi connectivity index (χ4v) is 4.20. The van der Waals surface area contributed by atoms with Crippen molar-refractivity contribution < 1.29 is 19.0 Å². The second-order valence-electron chi connectivity index (χ2n) is 8.21. The maximum absolute atomic E-state index is 13.2. The highest BCUT2D eigenvalue weighted by atomic mass is 16.6. The highest BCUT2D eigenvalue weighted by molar-refractivity contribution is 5.98. The zero-order valence-electron chi connectivity index (χ0n) is 19.4. The van der Waals surface area contributed by atoms with Crippen molar-refractivity contribution in [1.29, 1.82) is 0 Å². The molecule has 0 aliphatic carbocycles. The van der Waals surface area contributed by atoms with Gasteiger partial charge in [0.05, 0.1) is 19.6 Å². The van der Waals surface area contributed by atoms with Crippen molar-refractivity contribution in [1.82, 2.24) is 25.1 Å². The van der Waals surface area contributed by atoms with E-state index in [1.165, 1.54) is 13.2 Å². The average Bonchev–Trinajstić information content (AvgIpc) is 3.13. The number of hydrogen-bond acceptors (Lipinski definition) is 7. The van der Waals surface area contributed by atoms with Gasteiger partial charge in [0.15, 0.2) is 0 Å². The number of benzene rings is 1. The summed E-state index contributed by atoms with van der Waals surface area (Å²) in [7, 11) is 1.42. The number of fused-ring (bicyclic) bond motifs is 1. The standard InChI is InChI=1S/C24H27N5O5/c1-15(17-7-5-4-6-8-17)24(32)28-10-9-19-22(20(33-3)13-21(30)29(19)12-11-28)23(31)25-14-18-16(2)26-34-27-18/h4-8,13,15H,9-12,14H2,1-3H3,(H,25,31). The van der Waals surface area contributed by atoms with Crippen LogP contribution in [0.3, 0.4) is 0 Å². The predicted molar refractivity (Wildman–Crippen MR) is 123 cm³/mol. The lowest BCUT2D eigenvalue weighted by Crippen LogP contribution is -2.36. The number of aromatic nitrogens is 3. The zero-order valence-corrected chi connectivity index (χ0v) is 19.4. The number of methoxy groups -OCH3 is 1. The number of rotatable bonds is 6. The second-order valence-corrected chi connectivity index (χ2v) is 8.21. The number of amides is 2. The fourth-order valence-electron chi connectivity index (χ4n) is 4.20. The molecule has 1 N–H and O–H groups in total. The van der Waals surface area contributed by atoms with E-state index >= 15 is 0 Å². The van der Waals surface area contributed by atoms with Crippen LogP contribution >= 0.6 is 0 Å².